The summed E-state index contributed by atoms with van der Waals surface area (Å²) in [6.07, 6.45) is 4.41. The SMILES string of the molecule is O=[N+]([O-])c1ccc(NC2CCCCC2)c(-c2cn(Cc3cccc(C(F)(F)F)c3)cn2)c1. The molecule has 0 spiro atoms. The maximum Gasteiger partial charge on any atom is 0.416 e. The van der Waals surface area contributed by atoms with Gasteiger partial charge in [-0.3, -0.25) is 10.1 Å². The van der Waals surface area contributed by atoms with Crippen LogP contribution < -0.4 is 5.32 Å². The molecule has 32 heavy (non-hydrogen) atoms. The number of benzene rings is 2. The molecule has 0 aliphatic heterocycles. The first-order chi connectivity index (χ1) is 15.3. The molecule has 1 fully saturated rings. The van der Waals surface area contributed by atoms with Gasteiger partial charge in [-0.05, 0) is 36.6 Å². The van der Waals surface area contributed by atoms with E-state index >= 15 is 0 Å². The second kappa shape index (κ2) is 9.02. The fourth-order valence-corrected chi connectivity index (χ4v) is 4.09. The molecule has 3 aromatic rings. The summed E-state index contributed by atoms with van der Waals surface area (Å²) in [4.78, 5) is 15.2. The predicted molar refractivity (Wildman–Crippen MR) is 115 cm³/mol. The van der Waals surface area contributed by atoms with Crippen LogP contribution in [0.2, 0.25) is 0 Å². The molecule has 1 aliphatic carbocycles. The third-order valence-electron chi connectivity index (χ3n) is 5.71. The molecule has 1 N–H and O–H groups in total. The highest BCUT2D eigenvalue weighted by Crippen LogP contribution is 2.33. The minimum absolute atomic E-state index is 0.0402. The van der Waals surface area contributed by atoms with Gasteiger partial charge in [-0.1, -0.05) is 31.4 Å². The van der Waals surface area contributed by atoms with Crippen molar-refractivity contribution in [3.63, 3.8) is 0 Å². The van der Waals surface area contributed by atoms with E-state index in [-0.39, 0.29) is 12.2 Å². The Hall–Kier alpha value is -3.36. The van der Waals surface area contributed by atoms with E-state index in [0.29, 0.717) is 22.9 Å². The van der Waals surface area contributed by atoms with Gasteiger partial charge in [-0.2, -0.15) is 13.2 Å². The summed E-state index contributed by atoms with van der Waals surface area (Å²) in [5.41, 5.74) is 1.65. The molecule has 9 heteroatoms. The molecule has 1 heterocycles. The minimum atomic E-state index is -4.40. The molecule has 1 aromatic heterocycles. The lowest BCUT2D eigenvalue weighted by molar-refractivity contribution is -0.384. The van der Waals surface area contributed by atoms with Gasteiger partial charge in [0.05, 0.1) is 22.5 Å². The van der Waals surface area contributed by atoms with Crippen LogP contribution in [-0.4, -0.2) is 20.5 Å². The number of nitrogens with zero attached hydrogens (tertiary/aromatic N) is 3. The van der Waals surface area contributed by atoms with Crippen LogP contribution in [-0.2, 0) is 12.7 Å². The molecule has 1 aliphatic rings. The number of nitro benzene ring substituents is 1. The van der Waals surface area contributed by atoms with Crippen LogP contribution >= 0.6 is 0 Å². The highest BCUT2D eigenvalue weighted by molar-refractivity contribution is 5.77. The number of imidazole rings is 1. The first-order valence-electron chi connectivity index (χ1n) is 10.5. The summed E-state index contributed by atoms with van der Waals surface area (Å²) in [5, 5.41) is 14.8. The molecular formula is C23H23F3N4O2. The summed E-state index contributed by atoms with van der Waals surface area (Å²) >= 11 is 0. The molecule has 1 saturated carbocycles. The van der Waals surface area contributed by atoms with Gasteiger partial charge in [0, 0.05) is 42.2 Å². The average Bonchev–Trinajstić information content (AvgIpc) is 3.22. The van der Waals surface area contributed by atoms with Gasteiger partial charge >= 0.3 is 6.18 Å². The number of non-ortho nitro benzene ring substituents is 1. The smallest absolute Gasteiger partial charge is 0.382 e. The van der Waals surface area contributed by atoms with Crippen LogP contribution in [0.4, 0.5) is 24.5 Å². The third-order valence-corrected chi connectivity index (χ3v) is 5.71. The molecule has 0 saturated heterocycles. The molecule has 168 valence electrons. The number of halogens is 3. The largest absolute Gasteiger partial charge is 0.416 e. The maximum atomic E-state index is 13.0. The maximum absolute atomic E-state index is 13.0. The first kappa shape index (κ1) is 21.9. The molecule has 4 rings (SSSR count). The van der Waals surface area contributed by atoms with E-state index in [1.807, 2.05) is 0 Å². The van der Waals surface area contributed by atoms with E-state index in [2.05, 4.69) is 10.3 Å². The Labute approximate surface area is 183 Å². The summed E-state index contributed by atoms with van der Waals surface area (Å²) in [5.74, 6) is 0. The molecule has 6 nitrogen and oxygen atoms in total. The molecule has 0 bridgehead atoms. The van der Waals surface area contributed by atoms with Crippen LogP contribution in [0.25, 0.3) is 11.3 Å². The van der Waals surface area contributed by atoms with Crippen molar-refractivity contribution in [1.29, 1.82) is 0 Å². The van der Waals surface area contributed by atoms with Crippen molar-refractivity contribution < 1.29 is 18.1 Å². The van der Waals surface area contributed by atoms with Crippen LogP contribution in [0, 0.1) is 10.1 Å². The number of anilines is 1. The van der Waals surface area contributed by atoms with Gasteiger partial charge in [0.2, 0.25) is 0 Å². The standard InChI is InChI=1S/C23H23F3N4O2/c24-23(25,26)17-6-4-5-16(11-17)13-29-14-22(27-15-29)20-12-19(30(31)32)9-10-21(20)28-18-7-2-1-3-8-18/h4-6,9-12,14-15,18,28H,1-3,7-8,13H2. The van der Waals surface area contributed by atoms with Gasteiger partial charge < -0.3 is 9.88 Å². The third kappa shape index (κ3) is 5.09. The van der Waals surface area contributed by atoms with E-state index in [9.17, 15) is 23.3 Å². The normalized spacial score (nSPS) is 15.0. The van der Waals surface area contributed by atoms with E-state index < -0.39 is 16.7 Å². The molecular weight excluding hydrogens is 421 g/mol. The monoisotopic (exact) mass is 444 g/mol. The minimum Gasteiger partial charge on any atom is -0.382 e. The van der Waals surface area contributed by atoms with Gasteiger partial charge in [0.1, 0.15) is 0 Å². The number of hydrogen-bond acceptors (Lipinski definition) is 4. The lowest BCUT2D eigenvalue weighted by Crippen LogP contribution is -2.22. The van der Waals surface area contributed by atoms with E-state index in [1.54, 1.807) is 22.9 Å². The molecule has 0 atom stereocenters. The number of alkyl halides is 3. The predicted octanol–water partition coefficient (Wildman–Crippen LogP) is 6.27. The zero-order valence-electron chi connectivity index (χ0n) is 17.3. The molecule has 2 aromatic carbocycles. The van der Waals surface area contributed by atoms with Crippen LogP contribution in [0.3, 0.4) is 0 Å². The Bertz CT molecular complexity index is 1100. The second-order valence-corrected chi connectivity index (χ2v) is 8.10. The number of nitrogens with one attached hydrogen (secondary N) is 1. The van der Waals surface area contributed by atoms with Crippen molar-refractivity contribution >= 4 is 11.4 Å². The van der Waals surface area contributed by atoms with Crippen molar-refractivity contribution in [2.24, 2.45) is 0 Å². The summed E-state index contributed by atoms with van der Waals surface area (Å²) in [6, 6.07) is 10.1. The number of aromatic nitrogens is 2. The zero-order valence-corrected chi connectivity index (χ0v) is 17.3. The van der Waals surface area contributed by atoms with Gasteiger partial charge in [0.15, 0.2) is 0 Å². The van der Waals surface area contributed by atoms with Crippen molar-refractivity contribution in [1.82, 2.24) is 9.55 Å². The van der Waals surface area contributed by atoms with Crippen LogP contribution in [0.15, 0.2) is 55.0 Å². The lowest BCUT2D eigenvalue weighted by atomic mass is 9.95. The van der Waals surface area contributed by atoms with Crippen LogP contribution in [0.1, 0.15) is 43.2 Å². The number of rotatable bonds is 6. The van der Waals surface area contributed by atoms with Gasteiger partial charge in [-0.25, -0.2) is 4.98 Å². The summed E-state index contributed by atoms with van der Waals surface area (Å²) in [7, 11) is 0. The van der Waals surface area contributed by atoms with Crippen molar-refractivity contribution in [2.75, 3.05) is 5.32 Å². The van der Waals surface area contributed by atoms with Crippen molar-refractivity contribution in [2.45, 2.75) is 50.9 Å². The molecule has 0 unspecified atom stereocenters. The van der Waals surface area contributed by atoms with Gasteiger partial charge in [-0.15, -0.1) is 0 Å². The molecule has 0 radical (unpaired) electrons. The Kier molecular flexibility index (Phi) is 6.16. The lowest BCUT2D eigenvalue weighted by Gasteiger charge is -2.24. The number of hydrogen-bond donors (Lipinski definition) is 1. The zero-order chi connectivity index (χ0) is 22.7. The van der Waals surface area contributed by atoms with E-state index in [1.165, 1.54) is 30.9 Å². The van der Waals surface area contributed by atoms with E-state index in [0.717, 1.165) is 43.5 Å². The Morgan fingerprint density at radius 3 is 2.62 bits per heavy atom. The van der Waals surface area contributed by atoms with E-state index in [4.69, 9.17) is 0 Å². The van der Waals surface area contributed by atoms with Gasteiger partial charge in [0.25, 0.3) is 5.69 Å². The highest BCUT2D eigenvalue weighted by Gasteiger charge is 2.30. The topological polar surface area (TPSA) is 73.0 Å². The Morgan fingerprint density at radius 2 is 1.91 bits per heavy atom. The van der Waals surface area contributed by atoms with Crippen molar-refractivity contribution in [3.8, 4) is 11.3 Å². The fourth-order valence-electron chi connectivity index (χ4n) is 4.09. The van der Waals surface area contributed by atoms with Crippen LogP contribution in [0.5, 0.6) is 0 Å². The fraction of sp³-hybridized carbons (Fsp3) is 0.348. The second-order valence-electron chi connectivity index (χ2n) is 8.10. The quantitative estimate of drug-likeness (QED) is 0.359. The first-order valence-corrected chi connectivity index (χ1v) is 10.5. The Morgan fingerprint density at radius 1 is 1.12 bits per heavy atom. The average molecular weight is 444 g/mol. The number of nitro groups is 1. The highest BCUT2D eigenvalue weighted by atomic mass is 19.4. The van der Waals surface area contributed by atoms with Crippen molar-refractivity contribution in [3.05, 3.63) is 76.2 Å². The molecule has 0 amide bonds. The summed E-state index contributed by atoms with van der Waals surface area (Å²) in [6.45, 7) is 0.206. The summed E-state index contributed by atoms with van der Waals surface area (Å²) < 4.78 is 40.6. The Balaban J connectivity index is 1.61.